The Morgan fingerprint density at radius 1 is 1.34 bits per heavy atom. The molecule has 2 heterocycles. The first-order valence-corrected chi connectivity index (χ1v) is 11.1. The summed E-state index contributed by atoms with van der Waals surface area (Å²) in [4.78, 5) is 29.4. The van der Waals surface area contributed by atoms with Gasteiger partial charge in [-0.2, -0.15) is 0 Å². The fourth-order valence-electron chi connectivity index (χ4n) is 3.67. The molecule has 0 bridgehead atoms. The fourth-order valence-corrected chi connectivity index (χ4v) is 4.98. The molecule has 1 atom stereocenters. The molecule has 0 aromatic heterocycles. The van der Waals surface area contributed by atoms with E-state index in [2.05, 4.69) is 0 Å². The minimum absolute atomic E-state index is 0.0244. The van der Waals surface area contributed by atoms with Crippen LogP contribution in [-0.2, 0) is 9.59 Å². The number of ether oxygens (including phenoxy) is 1. The number of likely N-dealkylation sites (tertiary alicyclic amines) is 1. The molecule has 2 amide bonds. The molecule has 3 rings (SSSR count). The summed E-state index contributed by atoms with van der Waals surface area (Å²) in [5, 5.41) is 9.25. The number of hydrogen-bond acceptors (Lipinski definition) is 6. The van der Waals surface area contributed by atoms with Crippen LogP contribution in [-0.4, -0.2) is 63.9 Å². The van der Waals surface area contributed by atoms with E-state index in [1.165, 1.54) is 16.7 Å². The lowest BCUT2D eigenvalue weighted by atomic mass is 9.99. The van der Waals surface area contributed by atoms with Gasteiger partial charge in [-0.05, 0) is 49.5 Å². The quantitative estimate of drug-likeness (QED) is 0.525. The van der Waals surface area contributed by atoms with Crippen LogP contribution in [0.1, 0.15) is 37.7 Å². The average molecular weight is 435 g/mol. The number of rotatable bonds is 7. The number of piperidine rings is 1. The number of thioether (sulfide) groups is 1. The smallest absolute Gasteiger partial charge is 0.266 e. The van der Waals surface area contributed by atoms with E-state index in [0.29, 0.717) is 15.6 Å². The van der Waals surface area contributed by atoms with Crippen molar-refractivity contribution < 1.29 is 19.4 Å². The highest BCUT2D eigenvalue weighted by Gasteiger charge is 2.33. The van der Waals surface area contributed by atoms with E-state index < -0.39 is 0 Å². The third-order valence-corrected chi connectivity index (χ3v) is 6.62. The van der Waals surface area contributed by atoms with E-state index >= 15 is 0 Å². The van der Waals surface area contributed by atoms with Crippen LogP contribution < -0.4 is 4.74 Å². The van der Waals surface area contributed by atoms with Gasteiger partial charge in [0, 0.05) is 32.2 Å². The summed E-state index contributed by atoms with van der Waals surface area (Å²) in [6.45, 7) is 1.09. The largest absolute Gasteiger partial charge is 0.497 e. The first-order chi connectivity index (χ1) is 14.0. The zero-order valence-corrected chi connectivity index (χ0v) is 18.1. The average Bonchev–Trinajstić information content (AvgIpc) is 3.00. The van der Waals surface area contributed by atoms with Crippen molar-refractivity contribution in [1.29, 1.82) is 0 Å². The van der Waals surface area contributed by atoms with E-state index in [0.717, 1.165) is 37.1 Å². The minimum Gasteiger partial charge on any atom is -0.497 e. The van der Waals surface area contributed by atoms with Crippen molar-refractivity contribution in [3.05, 3.63) is 34.7 Å². The highest BCUT2D eigenvalue weighted by Crippen LogP contribution is 2.33. The minimum atomic E-state index is -0.158. The summed E-state index contributed by atoms with van der Waals surface area (Å²) < 4.78 is 5.63. The zero-order valence-electron chi connectivity index (χ0n) is 16.5. The summed E-state index contributed by atoms with van der Waals surface area (Å²) in [7, 11) is 1.61. The maximum Gasteiger partial charge on any atom is 0.266 e. The van der Waals surface area contributed by atoms with Crippen molar-refractivity contribution in [3.8, 4) is 5.75 Å². The molecular formula is C21H26N2O4S2. The molecule has 1 aromatic carbocycles. The number of aliphatic hydroxyl groups excluding tert-OH is 1. The van der Waals surface area contributed by atoms with Gasteiger partial charge in [0.05, 0.1) is 12.0 Å². The third kappa shape index (κ3) is 5.38. The van der Waals surface area contributed by atoms with Crippen LogP contribution in [0.3, 0.4) is 0 Å². The van der Waals surface area contributed by atoms with Crippen molar-refractivity contribution in [3.63, 3.8) is 0 Å². The molecule has 0 spiro atoms. The summed E-state index contributed by atoms with van der Waals surface area (Å²) in [6.07, 6.45) is 5.65. The molecule has 156 valence electrons. The SMILES string of the molecule is COc1ccc(/C=C2/SC(=S)N(CCC(=O)N3CCCC[C@H]3CCO)C2=O)cc1. The molecule has 2 aliphatic rings. The van der Waals surface area contributed by atoms with Crippen LogP contribution in [0.2, 0.25) is 0 Å². The molecule has 0 radical (unpaired) electrons. The van der Waals surface area contributed by atoms with Gasteiger partial charge in [0.25, 0.3) is 5.91 Å². The van der Waals surface area contributed by atoms with Gasteiger partial charge < -0.3 is 14.7 Å². The Morgan fingerprint density at radius 2 is 2.10 bits per heavy atom. The predicted octanol–water partition coefficient (Wildman–Crippen LogP) is 3.05. The fraction of sp³-hybridized carbons (Fsp3) is 0.476. The van der Waals surface area contributed by atoms with Crippen molar-refractivity contribution in [1.82, 2.24) is 9.80 Å². The van der Waals surface area contributed by atoms with Crippen LogP contribution in [0.15, 0.2) is 29.2 Å². The molecule has 1 aromatic rings. The van der Waals surface area contributed by atoms with Gasteiger partial charge >= 0.3 is 0 Å². The van der Waals surface area contributed by atoms with Crippen molar-refractivity contribution in [2.24, 2.45) is 0 Å². The van der Waals surface area contributed by atoms with Gasteiger partial charge in [-0.15, -0.1) is 0 Å². The number of thiocarbonyl (C=S) groups is 1. The molecule has 2 aliphatic heterocycles. The van der Waals surface area contributed by atoms with E-state index in [-0.39, 0.29) is 37.4 Å². The third-order valence-electron chi connectivity index (χ3n) is 5.25. The Kier molecular flexibility index (Phi) is 7.69. The predicted molar refractivity (Wildman–Crippen MR) is 119 cm³/mol. The Labute approximate surface area is 180 Å². The first-order valence-electron chi connectivity index (χ1n) is 9.83. The molecule has 8 heteroatoms. The van der Waals surface area contributed by atoms with Gasteiger partial charge in [-0.25, -0.2) is 0 Å². The molecule has 0 unspecified atom stereocenters. The lowest BCUT2D eigenvalue weighted by Crippen LogP contribution is -2.45. The van der Waals surface area contributed by atoms with Crippen LogP contribution in [0.4, 0.5) is 0 Å². The molecule has 2 fully saturated rings. The van der Waals surface area contributed by atoms with Crippen LogP contribution in [0.25, 0.3) is 6.08 Å². The van der Waals surface area contributed by atoms with Crippen molar-refractivity contribution in [2.45, 2.75) is 38.1 Å². The van der Waals surface area contributed by atoms with Gasteiger partial charge in [-0.1, -0.05) is 36.1 Å². The van der Waals surface area contributed by atoms with Crippen molar-refractivity contribution in [2.75, 3.05) is 26.8 Å². The monoisotopic (exact) mass is 434 g/mol. The Balaban J connectivity index is 1.61. The second-order valence-corrected chi connectivity index (χ2v) is 8.78. The molecular weight excluding hydrogens is 408 g/mol. The second kappa shape index (κ2) is 10.2. The standard InChI is InChI=1S/C21H26N2O4S2/c1-27-17-7-5-15(6-8-17)14-18-20(26)23(21(28)29-18)12-9-19(25)22-11-3-2-4-16(22)10-13-24/h5-8,14,16,24H,2-4,9-13H2,1H3/b18-14+/t16-/m0/s1. The Bertz CT molecular complexity index is 792. The summed E-state index contributed by atoms with van der Waals surface area (Å²) in [5.41, 5.74) is 0.891. The Morgan fingerprint density at radius 3 is 2.79 bits per heavy atom. The van der Waals surface area contributed by atoms with Crippen molar-refractivity contribution >= 4 is 46.2 Å². The number of hydrogen-bond donors (Lipinski definition) is 1. The first kappa shape index (κ1) is 21.8. The number of aliphatic hydroxyl groups is 1. The number of benzene rings is 1. The molecule has 0 aliphatic carbocycles. The maximum atomic E-state index is 12.8. The molecule has 2 saturated heterocycles. The molecule has 6 nitrogen and oxygen atoms in total. The topological polar surface area (TPSA) is 70.1 Å². The molecule has 1 N–H and O–H groups in total. The lowest BCUT2D eigenvalue weighted by molar-refractivity contribution is -0.135. The zero-order chi connectivity index (χ0) is 20.8. The van der Waals surface area contributed by atoms with E-state index in [9.17, 15) is 14.7 Å². The summed E-state index contributed by atoms with van der Waals surface area (Å²) >= 11 is 6.64. The number of carbonyl (C=O) groups is 2. The van der Waals surface area contributed by atoms with Gasteiger partial charge in [0.2, 0.25) is 5.91 Å². The van der Waals surface area contributed by atoms with Crippen LogP contribution in [0, 0.1) is 0 Å². The highest BCUT2D eigenvalue weighted by molar-refractivity contribution is 8.26. The van der Waals surface area contributed by atoms with E-state index in [1.54, 1.807) is 7.11 Å². The maximum absolute atomic E-state index is 12.8. The van der Waals surface area contributed by atoms with E-state index in [1.807, 2.05) is 35.2 Å². The highest BCUT2D eigenvalue weighted by atomic mass is 32.2. The van der Waals surface area contributed by atoms with Crippen LogP contribution in [0.5, 0.6) is 5.75 Å². The lowest BCUT2D eigenvalue weighted by Gasteiger charge is -2.36. The second-order valence-electron chi connectivity index (χ2n) is 7.11. The number of methoxy groups -OCH3 is 1. The van der Waals surface area contributed by atoms with E-state index in [4.69, 9.17) is 17.0 Å². The van der Waals surface area contributed by atoms with Gasteiger partial charge in [-0.3, -0.25) is 14.5 Å². The number of nitrogens with zero attached hydrogens (tertiary/aromatic N) is 2. The van der Waals surface area contributed by atoms with Crippen LogP contribution >= 0.6 is 24.0 Å². The molecule has 29 heavy (non-hydrogen) atoms. The number of carbonyl (C=O) groups excluding carboxylic acids is 2. The number of amides is 2. The summed E-state index contributed by atoms with van der Waals surface area (Å²) in [5.74, 6) is 0.621. The van der Waals surface area contributed by atoms with Gasteiger partial charge in [0.1, 0.15) is 10.1 Å². The Hall–Kier alpha value is -1.90. The molecule has 0 saturated carbocycles. The summed E-state index contributed by atoms with van der Waals surface area (Å²) in [6, 6.07) is 7.54. The normalized spacial score (nSPS) is 21.2. The van der Waals surface area contributed by atoms with Gasteiger partial charge in [0.15, 0.2) is 0 Å².